The summed E-state index contributed by atoms with van der Waals surface area (Å²) in [6.07, 6.45) is 11.9. The van der Waals surface area contributed by atoms with Crippen LogP contribution in [0.15, 0.2) is 12.3 Å². The summed E-state index contributed by atoms with van der Waals surface area (Å²) >= 11 is 0. The molecule has 1 unspecified atom stereocenters. The molecule has 0 aromatic carbocycles. The van der Waals surface area contributed by atoms with Crippen LogP contribution in [0.3, 0.4) is 0 Å². The number of rotatable bonds is 3. The van der Waals surface area contributed by atoms with Gasteiger partial charge in [-0.2, -0.15) is 5.10 Å². The van der Waals surface area contributed by atoms with E-state index in [4.69, 9.17) is 0 Å². The van der Waals surface area contributed by atoms with E-state index in [9.17, 15) is 0 Å². The molecule has 21 heavy (non-hydrogen) atoms. The van der Waals surface area contributed by atoms with Gasteiger partial charge in [-0.15, -0.1) is 0 Å². The van der Waals surface area contributed by atoms with Gasteiger partial charge in [-0.1, -0.05) is 19.3 Å². The molecule has 1 saturated heterocycles. The first-order chi connectivity index (χ1) is 10.3. The predicted molar refractivity (Wildman–Crippen MR) is 83.9 cm³/mol. The highest BCUT2D eigenvalue weighted by atomic mass is 15.3. The van der Waals surface area contributed by atoms with Crippen LogP contribution >= 0.6 is 0 Å². The zero-order valence-corrected chi connectivity index (χ0v) is 13.2. The maximum Gasteiger partial charge on any atom is 0.0764 e. The Hall–Kier alpha value is -0.870. The first-order valence-corrected chi connectivity index (χ1v) is 8.72. The molecular formula is C17H28N4. The van der Waals surface area contributed by atoms with E-state index in [2.05, 4.69) is 27.6 Å². The number of nitrogens with one attached hydrogen (secondary N) is 1. The lowest BCUT2D eigenvalue weighted by Crippen LogP contribution is -2.65. The third kappa shape index (κ3) is 2.76. The predicted octanol–water partition coefficient (Wildman–Crippen LogP) is 2.31. The van der Waals surface area contributed by atoms with Crippen molar-refractivity contribution in [3.05, 3.63) is 18.0 Å². The van der Waals surface area contributed by atoms with Gasteiger partial charge >= 0.3 is 0 Å². The van der Waals surface area contributed by atoms with Crippen LogP contribution in [0.5, 0.6) is 0 Å². The summed E-state index contributed by atoms with van der Waals surface area (Å²) in [4.78, 5) is 2.79. The molecule has 1 aromatic rings. The summed E-state index contributed by atoms with van der Waals surface area (Å²) in [7, 11) is 2.02. The normalized spacial score (nSPS) is 29.9. The van der Waals surface area contributed by atoms with Gasteiger partial charge in [0.25, 0.3) is 0 Å². The molecule has 0 amide bonds. The zero-order valence-electron chi connectivity index (χ0n) is 13.2. The molecule has 0 bridgehead atoms. The Kier molecular flexibility index (Phi) is 3.54. The van der Waals surface area contributed by atoms with Gasteiger partial charge in [0.1, 0.15) is 0 Å². The SMILES string of the molecule is Cn1ccc(CN2CC(C3CC3)NCC23CCCCC3)n1. The minimum absolute atomic E-state index is 0.404. The van der Waals surface area contributed by atoms with Crippen LogP contribution in [0.4, 0.5) is 0 Å². The largest absolute Gasteiger partial charge is 0.311 e. The lowest BCUT2D eigenvalue weighted by Gasteiger charge is -2.52. The molecular weight excluding hydrogens is 260 g/mol. The molecule has 1 aliphatic heterocycles. The van der Waals surface area contributed by atoms with Crippen LogP contribution in [0.2, 0.25) is 0 Å². The van der Waals surface area contributed by atoms with Gasteiger partial charge in [0.2, 0.25) is 0 Å². The molecule has 3 fully saturated rings. The van der Waals surface area contributed by atoms with E-state index in [1.165, 1.54) is 63.7 Å². The van der Waals surface area contributed by atoms with E-state index < -0.39 is 0 Å². The topological polar surface area (TPSA) is 33.1 Å². The fraction of sp³-hybridized carbons (Fsp3) is 0.824. The van der Waals surface area contributed by atoms with Crippen molar-refractivity contribution in [1.29, 1.82) is 0 Å². The van der Waals surface area contributed by atoms with Crippen molar-refractivity contribution >= 4 is 0 Å². The molecule has 2 aliphatic carbocycles. The lowest BCUT2D eigenvalue weighted by molar-refractivity contribution is -0.00122. The molecule has 116 valence electrons. The molecule has 1 aromatic heterocycles. The van der Waals surface area contributed by atoms with Gasteiger partial charge < -0.3 is 5.32 Å². The van der Waals surface area contributed by atoms with Gasteiger partial charge in [0, 0.05) is 44.5 Å². The van der Waals surface area contributed by atoms with Crippen molar-refractivity contribution in [2.45, 2.75) is 63.1 Å². The fourth-order valence-corrected chi connectivity index (χ4v) is 4.42. The molecule has 4 nitrogen and oxygen atoms in total. The molecule has 2 heterocycles. The number of aromatic nitrogens is 2. The molecule has 4 heteroatoms. The second-order valence-corrected chi connectivity index (χ2v) is 7.47. The monoisotopic (exact) mass is 288 g/mol. The summed E-state index contributed by atoms with van der Waals surface area (Å²) in [5.41, 5.74) is 1.64. The number of hydrogen-bond acceptors (Lipinski definition) is 3. The highest BCUT2D eigenvalue weighted by molar-refractivity contribution is 5.07. The third-order valence-corrected chi connectivity index (χ3v) is 5.88. The molecule has 1 N–H and O–H groups in total. The number of piperazine rings is 1. The van der Waals surface area contributed by atoms with Gasteiger partial charge in [0.05, 0.1) is 5.69 Å². The molecule has 4 rings (SSSR count). The third-order valence-electron chi connectivity index (χ3n) is 5.88. The standard InChI is InChI=1S/C17H28N4/c1-20-10-7-15(19-20)11-21-12-16(14-5-6-14)18-13-17(21)8-3-2-4-9-17/h7,10,14,16,18H,2-6,8-9,11-13H2,1H3. The van der Waals surface area contributed by atoms with Gasteiger partial charge in [-0.3, -0.25) is 9.58 Å². The van der Waals surface area contributed by atoms with Crippen molar-refractivity contribution in [3.8, 4) is 0 Å². The second kappa shape index (κ2) is 5.40. The van der Waals surface area contributed by atoms with Gasteiger partial charge in [0.15, 0.2) is 0 Å². The number of hydrogen-bond donors (Lipinski definition) is 1. The summed E-state index contributed by atoms with van der Waals surface area (Å²) < 4.78 is 1.93. The van der Waals surface area contributed by atoms with Crippen LogP contribution in [0.1, 0.15) is 50.6 Å². The van der Waals surface area contributed by atoms with Crippen LogP contribution < -0.4 is 5.32 Å². The highest BCUT2D eigenvalue weighted by Gasteiger charge is 2.45. The summed E-state index contributed by atoms with van der Waals surface area (Å²) in [6.45, 7) is 3.45. The van der Waals surface area contributed by atoms with Gasteiger partial charge in [-0.25, -0.2) is 0 Å². The molecule has 1 atom stereocenters. The summed E-state index contributed by atoms with van der Waals surface area (Å²) in [5, 5.41) is 8.52. The Balaban J connectivity index is 1.53. The highest BCUT2D eigenvalue weighted by Crippen LogP contribution is 2.40. The molecule has 2 saturated carbocycles. The average Bonchev–Trinajstić information content (AvgIpc) is 3.26. The quantitative estimate of drug-likeness (QED) is 0.926. The lowest BCUT2D eigenvalue weighted by atomic mass is 9.78. The van der Waals surface area contributed by atoms with Gasteiger partial charge in [-0.05, 0) is 37.7 Å². The van der Waals surface area contributed by atoms with E-state index in [1.807, 2.05) is 11.7 Å². The maximum absolute atomic E-state index is 4.62. The van der Waals surface area contributed by atoms with Crippen molar-refractivity contribution in [2.24, 2.45) is 13.0 Å². The second-order valence-electron chi connectivity index (χ2n) is 7.47. The Morgan fingerprint density at radius 1 is 1.29 bits per heavy atom. The van der Waals surface area contributed by atoms with Crippen molar-refractivity contribution in [1.82, 2.24) is 20.0 Å². The zero-order chi connectivity index (χ0) is 14.3. The Labute approximate surface area is 127 Å². The average molecular weight is 288 g/mol. The van der Waals surface area contributed by atoms with Crippen LogP contribution in [0, 0.1) is 5.92 Å². The Morgan fingerprint density at radius 3 is 2.76 bits per heavy atom. The summed E-state index contributed by atoms with van der Waals surface area (Å²) in [6, 6.07) is 2.91. The first kappa shape index (κ1) is 13.8. The van der Waals surface area contributed by atoms with Crippen LogP contribution in [0.25, 0.3) is 0 Å². The van der Waals surface area contributed by atoms with E-state index in [1.54, 1.807) is 0 Å². The minimum Gasteiger partial charge on any atom is -0.311 e. The molecule has 0 radical (unpaired) electrons. The Bertz CT molecular complexity index is 485. The minimum atomic E-state index is 0.404. The smallest absolute Gasteiger partial charge is 0.0764 e. The maximum atomic E-state index is 4.62. The number of nitrogens with zero attached hydrogens (tertiary/aromatic N) is 3. The van der Waals surface area contributed by atoms with E-state index >= 15 is 0 Å². The molecule has 1 spiro atoms. The van der Waals surface area contributed by atoms with Crippen molar-refractivity contribution in [3.63, 3.8) is 0 Å². The Morgan fingerprint density at radius 2 is 2.10 bits per heavy atom. The number of aryl methyl sites for hydroxylation is 1. The summed E-state index contributed by atoms with van der Waals surface area (Å²) in [5.74, 6) is 0.942. The van der Waals surface area contributed by atoms with Crippen LogP contribution in [-0.4, -0.2) is 39.4 Å². The van der Waals surface area contributed by atoms with Crippen molar-refractivity contribution < 1.29 is 0 Å². The first-order valence-electron chi connectivity index (χ1n) is 8.72. The van der Waals surface area contributed by atoms with Crippen LogP contribution in [-0.2, 0) is 13.6 Å². The fourth-order valence-electron chi connectivity index (χ4n) is 4.42. The van der Waals surface area contributed by atoms with Crippen molar-refractivity contribution in [2.75, 3.05) is 13.1 Å². The van der Waals surface area contributed by atoms with E-state index in [0.717, 1.165) is 18.5 Å². The molecule has 3 aliphatic rings. The van der Waals surface area contributed by atoms with E-state index in [-0.39, 0.29) is 0 Å². The van der Waals surface area contributed by atoms with E-state index in [0.29, 0.717) is 5.54 Å².